The van der Waals surface area contributed by atoms with E-state index >= 15 is 0 Å². The van der Waals surface area contributed by atoms with Gasteiger partial charge in [0.2, 0.25) is 0 Å². The summed E-state index contributed by atoms with van der Waals surface area (Å²) in [4.78, 5) is 4.37. The van der Waals surface area contributed by atoms with Crippen LogP contribution in [0.15, 0.2) is 82.6 Å². The summed E-state index contributed by atoms with van der Waals surface area (Å²) in [6.07, 6.45) is 2.70. The van der Waals surface area contributed by atoms with Crippen LogP contribution < -0.4 is 4.74 Å². The third-order valence-electron chi connectivity index (χ3n) is 5.52. The molecule has 1 heterocycles. The van der Waals surface area contributed by atoms with E-state index in [1.165, 1.54) is 0 Å². The van der Waals surface area contributed by atoms with E-state index in [2.05, 4.69) is 43.3 Å². The fraction of sp³-hybridized carbons (Fsp3) is 0.308. The summed E-state index contributed by atoms with van der Waals surface area (Å²) in [6, 6.07) is 24.5. The second-order valence-corrected chi connectivity index (χ2v) is 9.22. The second kappa shape index (κ2) is 9.25. The zero-order valence-corrected chi connectivity index (χ0v) is 18.5. The first-order chi connectivity index (χ1) is 14.6. The van der Waals surface area contributed by atoms with Crippen molar-refractivity contribution in [2.24, 2.45) is 0 Å². The number of aliphatic hydroxyl groups is 1. The van der Waals surface area contributed by atoms with Gasteiger partial charge < -0.3 is 14.7 Å². The van der Waals surface area contributed by atoms with Crippen LogP contribution in [0.25, 0.3) is 0 Å². The molecule has 0 amide bonds. The molecule has 0 radical (unpaired) electrons. The third kappa shape index (κ3) is 4.56. The van der Waals surface area contributed by atoms with E-state index in [1.54, 1.807) is 11.8 Å². The Kier molecular flexibility index (Phi) is 6.47. The minimum Gasteiger partial charge on any atom is -0.494 e. The summed E-state index contributed by atoms with van der Waals surface area (Å²) in [5, 5.41) is 12.0. The van der Waals surface area contributed by atoms with Crippen molar-refractivity contribution < 1.29 is 9.84 Å². The van der Waals surface area contributed by atoms with Gasteiger partial charge >= 0.3 is 0 Å². The quantitative estimate of drug-likeness (QED) is 0.499. The average molecular weight is 420 g/mol. The van der Waals surface area contributed by atoms with Crippen molar-refractivity contribution in [1.29, 1.82) is 0 Å². The standard InChI is InChI=1S/C26H29NO2S/c1-27(2)16-8-9-17-29-21-14-15-23-25(18-21)30-24-13-7-6-12-22(24)26(23,28)19-20-10-4-3-5-11-20/h3-7,10-15,18,28H,8-9,16-17,19H2,1-2H3. The normalized spacial score (nSPS) is 17.5. The number of nitrogens with zero attached hydrogens (tertiary/aromatic N) is 1. The lowest BCUT2D eigenvalue weighted by Crippen LogP contribution is -2.33. The Balaban J connectivity index is 1.59. The molecule has 0 aromatic heterocycles. The van der Waals surface area contributed by atoms with Crippen LogP contribution in [-0.2, 0) is 12.0 Å². The predicted octanol–water partition coefficient (Wildman–Crippen LogP) is 5.35. The molecule has 3 aromatic carbocycles. The number of fused-ring (bicyclic) bond motifs is 2. The minimum absolute atomic E-state index is 0.545. The topological polar surface area (TPSA) is 32.7 Å². The molecule has 0 fully saturated rings. The summed E-state index contributed by atoms with van der Waals surface area (Å²) in [7, 11) is 4.19. The van der Waals surface area contributed by atoms with Crippen molar-refractivity contribution in [2.75, 3.05) is 27.2 Å². The Morgan fingerprint density at radius 2 is 1.60 bits per heavy atom. The fourth-order valence-corrected chi connectivity index (χ4v) is 5.23. The molecule has 0 spiro atoms. The predicted molar refractivity (Wildman–Crippen MR) is 123 cm³/mol. The van der Waals surface area contributed by atoms with E-state index in [-0.39, 0.29) is 0 Å². The van der Waals surface area contributed by atoms with E-state index in [1.807, 2.05) is 48.5 Å². The molecular weight excluding hydrogens is 390 g/mol. The van der Waals surface area contributed by atoms with Gasteiger partial charge in [0.25, 0.3) is 0 Å². The lowest BCUT2D eigenvalue weighted by atomic mass is 9.81. The molecular formula is C26H29NO2S. The van der Waals surface area contributed by atoms with Gasteiger partial charge in [-0.2, -0.15) is 0 Å². The van der Waals surface area contributed by atoms with Crippen LogP contribution in [0.2, 0.25) is 0 Å². The summed E-state index contributed by atoms with van der Waals surface area (Å²) < 4.78 is 6.01. The van der Waals surface area contributed by atoms with Crippen molar-refractivity contribution in [3.63, 3.8) is 0 Å². The van der Waals surface area contributed by atoms with Crippen molar-refractivity contribution in [3.05, 3.63) is 89.5 Å². The smallest absolute Gasteiger partial charge is 0.121 e. The lowest BCUT2D eigenvalue weighted by molar-refractivity contribution is 0.0742. The molecule has 156 valence electrons. The number of hydrogen-bond acceptors (Lipinski definition) is 4. The number of unbranched alkanes of at least 4 members (excludes halogenated alkanes) is 1. The van der Waals surface area contributed by atoms with E-state index in [0.717, 1.165) is 51.6 Å². The van der Waals surface area contributed by atoms with Gasteiger partial charge in [-0.25, -0.2) is 0 Å². The van der Waals surface area contributed by atoms with Crippen LogP contribution in [0.4, 0.5) is 0 Å². The summed E-state index contributed by atoms with van der Waals surface area (Å²) in [5.74, 6) is 0.868. The number of benzene rings is 3. The van der Waals surface area contributed by atoms with Gasteiger partial charge in [0, 0.05) is 27.3 Å². The van der Waals surface area contributed by atoms with Crippen molar-refractivity contribution in [2.45, 2.75) is 34.7 Å². The Bertz CT molecular complexity index is 989. The molecule has 0 saturated carbocycles. The van der Waals surface area contributed by atoms with Crippen LogP contribution in [-0.4, -0.2) is 37.3 Å². The molecule has 4 rings (SSSR count). The van der Waals surface area contributed by atoms with Gasteiger partial charge in [-0.15, -0.1) is 0 Å². The highest BCUT2D eigenvalue weighted by Gasteiger charge is 2.39. The van der Waals surface area contributed by atoms with E-state index in [4.69, 9.17) is 4.74 Å². The van der Waals surface area contributed by atoms with Gasteiger partial charge in [-0.1, -0.05) is 66.4 Å². The molecule has 0 saturated heterocycles. The van der Waals surface area contributed by atoms with Crippen LogP contribution in [0, 0.1) is 0 Å². The molecule has 3 aromatic rings. The van der Waals surface area contributed by atoms with Gasteiger partial charge in [0.1, 0.15) is 11.4 Å². The summed E-state index contributed by atoms with van der Waals surface area (Å²) >= 11 is 1.71. The van der Waals surface area contributed by atoms with Crippen molar-refractivity contribution >= 4 is 11.8 Å². The largest absolute Gasteiger partial charge is 0.494 e. The first-order valence-electron chi connectivity index (χ1n) is 10.5. The lowest BCUT2D eigenvalue weighted by Gasteiger charge is -2.36. The van der Waals surface area contributed by atoms with Crippen LogP contribution >= 0.6 is 11.8 Å². The molecule has 1 aliphatic heterocycles. The van der Waals surface area contributed by atoms with E-state index in [9.17, 15) is 5.11 Å². The maximum Gasteiger partial charge on any atom is 0.121 e. The molecule has 1 aliphatic rings. The van der Waals surface area contributed by atoms with Crippen LogP contribution in [0.1, 0.15) is 29.5 Å². The van der Waals surface area contributed by atoms with Gasteiger partial charge in [-0.05, 0) is 57.2 Å². The van der Waals surface area contributed by atoms with Crippen LogP contribution in [0.5, 0.6) is 5.75 Å². The molecule has 30 heavy (non-hydrogen) atoms. The Labute approximate surface area is 183 Å². The molecule has 0 aliphatic carbocycles. The highest BCUT2D eigenvalue weighted by atomic mass is 32.2. The zero-order valence-electron chi connectivity index (χ0n) is 17.7. The average Bonchev–Trinajstić information content (AvgIpc) is 2.74. The summed E-state index contributed by atoms with van der Waals surface area (Å²) in [5.41, 5.74) is 2.00. The monoisotopic (exact) mass is 419 g/mol. The molecule has 3 nitrogen and oxygen atoms in total. The Hall–Kier alpha value is -2.27. The first kappa shape index (κ1) is 21.0. The molecule has 1 unspecified atom stereocenters. The van der Waals surface area contributed by atoms with Gasteiger partial charge in [-0.3, -0.25) is 0 Å². The van der Waals surface area contributed by atoms with Crippen LogP contribution in [0.3, 0.4) is 0 Å². The zero-order chi connectivity index (χ0) is 21.0. The minimum atomic E-state index is -1.05. The maximum atomic E-state index is 12.0. The molecule has 1 atom stereocenters. The van der Waals surface area contributed by atoms with Crippen molar-refractivity contribution in [3.8, 4) is 5.75 Å². The molecule has 0 bridgehead atoms. The Morgan fingerprint density at radius 1 is 0.867 bits per heavy atom. The van der Waals surface area contributed by atoms with Gasteiger partial charge in [0.15, 0.2) is 0 Å². The van der Waals surface area contributed by atoms with Gasteiger partial charge in [0.05, 0.1) is 6.61 Å². The molecule has 4 heteroatoms. The first-order valence-corrected chi connectivity index (χ1v) is 11.3. The van der Waals surface area contributed by atoms with Crippen molar-refractivity contribution in [1.82, 2.24) is 4.90 Å². The highest BCUT2D eigenvalue weighted by Crippen LogP contribution is 2.50. The number of hydrogen-bond donors (Lipinski definition) is 1. The highest BCUT2D eigenvalue weighted by molar-refractivity contribution is 7.99. The summed E-state index contributed by atoms with van der Waals surface area (Å²) in [6.45, 7) is 1.79. The fourth-order valence-electron chi connectivity index (χ4n) is 3.98. The Morgan fingerprint density at radius 3 is 2.40 bits per heavy atom. The SMILES string of the molecule is CN(C)CCCCOc1ccc2c(c1)Sc1ccccc1C2(O)Cc1ccccc1. The number of ether oxygens (including phenoxy) is 1. The molecule has 1 N–H and O–H groups in total. The maximum absolute atomic E-state index is 12.0. The van der Waals surface area contributed by atoms with E-state index in [0.29, 0.717) is 13.0 Å². The van der Waals surface area contributed by atoms with E-state index < -0.39 is 5.60 Å². The third-order valence-corrected chi connectivity index (χ3v) is 6.66. The number of rotatable bonds is 8. The second-order valence-electron chi connectivity index (χ2n) is 8.14.